The Morgan fingerprint density at radius 3 is 3.14 bits per heavy atom. The third-order valence-corrected chi connectivity index (χ3v) is 5.43. The lowest BCUT2D eigenvalue weighted by Crippen LogP contribution is -2.27. The van der Waals surface area contributed by atoms with E-state index in [1.54, 1.807) is 11.3 Å². The summed E-state index contributed by atoms with van der Waals surface area (Å²) in [6.07, 6.45) is 4.50. The molecule has 1 aromatic carbocycles. The highest BCUT2D eigenvalue weighted by Gasteiger charge is 2.22. The molecular weight excluding hydrogens is 292 g/mol. The van der Waals surface area contributed by atoms with E-state index < -0.39 is 0 Å². The lowest BCUT2D eigenvalue weighted by Gasteiger charge is -2.27. The number of rotatable bonds is 2. The second-order valence-electron chi connectivity index (χ2n) is 6.10. The molecule has 0 saturated heterocycles. The Kier molecular flexibility index (Phi) is 3.47. The molecule has 114 valence electrons. The van der Waals surface area contributed by atoms with E-state index in [1.807, 2.05) is 17.2 Å². The number of fused-ring (bicyclic) bond motifs is 2. The summed E-state index contributed by atoms with van der Waals surface area (Å²) in [6.45, 7) is 4.35. The maximum atomic E-state index is 4.64. The number of aryl methyl sites for hydroxylation is 2. The highest BCUT2D eigenvalue weighted by molar-refractivity contribution is 7.16. The van der Waals surface area contributed by atoms with Crippen LogP contribution in [0.15, 0.2) is 29.9 Å². The fraction of sp³-hybridized carbons (Fsp3) is 0.412. The molecule has 22 heavy (non-hydrogen) atoms. The second-order valence-corrected chi connectivity index (χ2v) is 6.99. The fourth-order valence-corrected chi connectivity index (χ4v) is 4.00. The topological polar surface area (TPSA) is 34.0 Å². The first-order valence-electron chi connectivity index (χ1n) is 7.79. The minimum atomic E-state index is 0.388. The van der Waals surface area contributed by atoms with Gasteiger partial charge in [-0.05, 0) is 49.6 Å². The van der Waals surface area contributed by atoms with Crippen molar-refractivity contribution < 1.29 is 0 Å². The van der Waals surface area contributed by atoms with Gasteiger partial charge in [-0.1, -0.05) is 6.07 Å². The summed E-state index contributed by atoms with van der Waals surface area (Å²) in [7, 11) is 2.01. The maximum Gasteiger partial charge on any atom is 0.0815 e. The minimum Gasteiger partial charge on any atom is -0.291 e. The van der Waals surface area contributed by atoms with Crippen LogP contribution >= 0.6 is 11.3 Å². The molecule has 4 nitrogen and oxygen atoms in total. The molecule has 5 heteroatoms. The van der Waals surface area contributed by atoms with Crippen LogP contribution < -0.4 is 0 Å². The van der Waals surface area contributed by atoms with Crippen LogP contribution in [0.5, 0.6) is 0 Å². The summed E-state index contributed by atoms with van der Waals surface area (Å²) in [5.74, 6) is 0. The maximum absolute atomic E-state index is 4.64. The number of benzene rings is 1. The zero-order valence-corrected chi connectivity index (χ0v) is 13.8. The van der Waals surface area contributed by atoms with Gasteiger partial charge in [0.25, 0.3) is 0 Å². The summed E-state index contributed by atoms with van der Waals surface area (Å²) in [6, 6.07) is 7.07. The van der Waals surface area contributed by atoms with Crippen LogP contribution in [0.25, 0.3) is 10.2 Å². The monoisotopic (exact) mass is 312 g/mol. The van der Waals surface area contributed by atoms with Gasteiger partial charge in [0.15, 0.2) is 0 Å². The van der Waals surface area contributed by atoms with Crippen LogP contribution in [0.4, 0.5) is 0 Å². The van der Waals surface area contributed by atoms with Crippen molar-refractivity contribution in [1.29, 1.82) is 0 Å². The van der Waals surface area contributed by atoms with Gasteiger partial charge in [-0.2, -0.15) is 5.10 Å². The van der Waals surface area contributed by atoms with Crippen LogP contribution in [-0.4, -0.2) is 26.2 Å². The second kappa shape index (κ2) is 5.48. The average molecular weight is 312 g/mol. The van der Waals surface area contributed by atoms with E-state index in [0.717, 1.165) is 25.0 Å². The van der Waals surface area contributed by atoms with Crippen molar-refractivity contribution in [3.63, 3.8) is 0 Å². The summed E-state index contributed by atoms with van der Waals surface area (Å²) in [4.78, 5) is 6.98. The number of nitrogens with zero attached hydrogens (tertiary/aromatic N) is 4. The van der Waals surface area contributed by atoms with Gasteiger partial charge in [-0.3, -0.25) is 9.58 Å². The van der Waals surface area contributed by atoms with Crippen LogP contribution in [0.3, 0.4) is 0 Å². The third kappa shape index (κ3) is 2.44. The molecule has 1 atom stereocenters. The molecule has 0 amide bonds. The van der Waals surface area contributed by atoms with Crippen LogP contribution in [0, 0.1) is 0 Å². The van der Waals surface area contributed by atoms with Crippen LogP contribution in [0.2, 0.25) is 0 Å². The Balaban J connectivity index is 1.62. The first kappa shape index (κ1) is 13.9. The van der Waals surface area contributed by atoms with Gasteiger partial charge in [0.2, 0.25) is 0 Å². The van der Waals surface area contributed by atoms with Crippen molar-refractivity contribution in [2.75, 3.05) is 6.54 Å². The Bertz CT molecular complexity index is 804. The summed E-state index contributed by atoms with van der Waals surface area (Å²) >= 11 is 1.70. The number of aromatic nitrogens is 3. The number of hydrogen-bond donors (Lipinski definition) is 0. The van der Waals surface area contributed by atoms with Gasteiger partial charge in [-0.15, -0.1) is 11.3 Å². The molecular formula is C17H20N4S. The van der Waals surface area contributed by atoms with Crippen LogP contribution in [-0.2, 0) is 20.0 Å². The Morgan fingerprint density at radius 1 is 1.32 bits per heavy atom. The first-order chi connectivity index (χ1) is 10.7. The lowest BCUT2D eigenvalue weighted by atomic mass is 10.1. The van der Waals surface area contributed by atoms with Crippen LogP contribution in [0.1, 0.15) is 36.2 Å². The van der Waals surface area contributed by atoms with Gasteiger partial charge in [-0.25, -0.2) is 4.98 Å². The molecule has 3 heterocycles. The highest BCUT2D eigenvalue weighted by Crippen LogP contribution is 2.29. The Morgan fingerprint density at radius 2 is 2.23 bits per heavy atom. The molecule has 0 N–H and O–H groups in total. The van der Waals surface area contributed by atoms with Crippen molar-refractivity contribution in [2.24, 2.45) is 7.05 Å². The summed E-state index contributed by atoms with van der Waals surface area (Å²) in [5, 5.41) is 4.64. The van der Waals surface area contributed by atoms with E-state index >= 15 is 0 Å². The standard InChI is InChI=1S/C17H20N4S/c1-12(13-5-6-17-15(8-13)18-11-22-17)21-7-3-4-14-9-20(2)19-16(14)10-21/h5-6,8-9,11-12H,3-4,7,10H2,1-2H3. The number of thiazole rings is 1. The predicted octanol–water partition coefficient (Wildman–Crippen LogP) is 3.54. The largest absolute Gasteiger partial charge is 0.291 e. The zero-order valence-electron chi connectivity index (χ0n) is 13.0. The van der Waals surface area contributed by atoms with Crippen molar-refractivity contribution >= 4 is 21.6 Å². The van der Waals surface area contributed by atoms with E-state index in [4.69, 9.17) is 0 Å². The van der Waals surface area contributed by atoms with Gasteiger partial charge < -0.3 is 0 Å². The zero-order chi connectivity index (χ0) is 15.1. The fourth-order valence-electron chi connectivity index (χ4n) is 3.35. The van der Waals surface area contributed by atoms with Crippen molar-refractivity contribution in [1.82, 2.24) is 19.7 Å². The number of hydrogen-bond acceptors (Lipinski definition) is 4. The van der Waals surface area contributed by atoms with Gasteiger partial charge >= 0.3 is 0 Å². The Hall–Kier alpha value is -1.72. The average Bonchev–Trinajstić information content (AvgIpc) is 3.06. The third-order valence-electron chi connectivity index (χ3n) is 4.62. The summed E-state index contributed by atoms with van der Waals surface area (Å²) < 4.78 is 3.21. The molecule has 0 spiro atoms. The van der Waals surface area contributed by atoms with Gasteiger partial charge in [0, 0.05) is 25.8 Å². The molecule has 0 fully saturated rings. The summed E-state index contributed by atoms with van der Waals surface area (Å²) in [5.41, 5.74) is 7.03. The van der Waals surface area contributed by atoms with E-state index in [9.17, 15) is 0 Å². The molecule has 1 aliphatic heterocycles. The van der Waals surface area contributed by atoms with E-state index in [-0.39, 0.29) is 0 Å². The molecule has 1 aliphatic rings. The molecule has 0 radical (unpaired) electrons. The normalized spacial score (nSPS) is 17.4. The quantitative estimate of drug-likeness (QED) is 0.726. The highest BCUT2D eigenvalue weighted by atomic mass is 32.1. The minimum absolute atomic E-state index is 0.388. The van der Waals surface area contributed by atoms with E-state index in [1.165, 1.54) is 27.9 Å². The molecule has 0 aliphatic carbocycles. The van der Waals surface area contributed by atoms with Crippen molar-refractivity contribution in [2.45, 2.75) is 32.4 Å². The van der Waals surface area contributed by atoms with Gasteiger partial charge in [0.05, 0.1) is 21.4 Å². The van der Waals surface area contributed by atoms with E-state index in [2.05, 4.69) is 46.3 Å². The molecule has 1 unspecified atom stereocenters. The lowest BCUT2D eigenvalue weighted by molar-refractivity contribution is 0.202. The SMILES string of the molecule is CC(c1ccc2scnc2c1)N1CCCc2cn(C)nc2C1. The molecule has 0 saturated carbocycles. The molecule has 0 bridgehead atoms. The smallest absolute Gasteiger partial charge is 0.0815 e. The molecule has 2 aromatic heterocycles. The molecule has 4 rings (SSSR count). The van der Waals surface area contributed by atoms with Crippen molar-refractivity contribution in [3.8, 4) is 0 Å². The van der Waals surface area contributed by atoms with Crippen molar-refractivity contribution in [3.05, 3.63) is 46.7 Å². The first-order valence-corrected chi connectivity index (χ1v) is 8.67. The Labute approximate surface area is 134 Å². The molecule has 3 aromatic rings. The van der Waals surface area contributed by atoms with E-state index in [0.29, 0.717) is 6.04 Å². The predicted molar refractivity (Wildman–Crippen MR) is 90.0 cm³/mol. The van der Waals surface area contributed by atoms with Gasteiger partial charge in [0.1, 0.15) is 0 Å².